The summed E-state index contributed by atoms with van der Waals surface area (Å²) in [6.07, 6.45) is 0.575. The predicted octanol–water partition coefficient (Wildman–Crippen LogP) is 6.03. The summed E-state index contributed by atoms with van der Waals surface area (Å²) in [7, 11) is 0. The van der Waals surface area contributed by atoms with Crippen LogP contribution in [0.3, 0.4) is 0 Å². The molecule has 168 valence electrons. The smallest absolute Gasteiger partial charge is 0.291 e. The summed E-state index contributed by atoms with van der Waals surface area (Å²) in [4.78, 5) is 33.3. The van der Waals surface area contributed by atoms with E-state index in [1.54, 1.807) is 42.1 Å². The molecular formula is C23H18F2N4O2S2. The van der Waals surface area contributed by atoms with Crippen LogP contribution in [0.25, 0.3) is 10.2 Å². The number of nitrogens with one attached hydrogen (secondary N) is 2. The number of fused-ring (bicyclic) bond motifs is 1. The van der Waals surface area contributed by atoms with Gasteiger partial charge in [-0.2, -0.15) is 8.78 Å². The van der Waals surface area contributed by atoms with Gasteiger partial charge < -0.3 is 10.6 Å². The van der Waals surface area contributed by atoms with E-state index in [1.165, 1.54) is 40.9 Å². The SMILES string of the molecule is C=CC(F)(F)c1cccc(C(C)C(=O)Nc2nc3ccc(NC(=O)c4cscn4)cc3s2)c1. The maximum Gasteiger partial charge on any atom is 0.291 e. The Balaban J connectivity index is 1.48. The van der Waals surface area contributed by atoms with Gasteiger partial charge in [-0.1, -0.05) is 36.1 Å². The van der Waals surface area contributed by atoms with Gasteiger partial charge in [0.15, 0.2) is 5.13 Å². The van der Waals surface area contributed by atoms with E-state index in [-0.39, 0.29) is 17.4 Å². The van der Waals surface area contributed by atoms with Gasteiger partial charge in [0.1, 0.15) is 5.69 Å². The van der Waals surface area contributed by atoms with Gasteiger partial charge in [0.2, 0.25) is 5.91 Å². The standard InChI is InChI=1S/C23H18F2N4O2S2/c1-3-23(24,25)15-6-4-5-14(9-15)13(2)20(30)29-22-28-17-8-7-16(10-19(17)33-22)27-21(31)18-11-32-12-26-18/h3-13H,1H2,2H3,(H,27,31)(H,28,29,30). The van der Waals surface area contributed by atoms with Crippen LogP contribution in [-0.4, -0.2) is 21.8 Å². The number of carbonyl (C=O) groups excluding carboxylic acids is 2. The summed E-state index contributed by atoms with van der Waals surface area (Å²) in [6.45, 7) is 4.81. The molecule has 0 aliphatic heterocycles. The molecular weight excluding hydrogens is 466 g/mol. The number of amides is 2. The van der Waals surface area contributed by atoms with Crippen molar-refractivity contribution in [2.45, 2.75) is 18.8 Å². The number of hydrogen-bond acceptors (Lipinski definition) is 6. The minimum Gasteiger partial charge on any atom is -0.321 e. The molecule has 0 aliphatic carbocycles. The highest BCUT2D eigenvalue weighted by Crippen LogP contribution is 2.32. The fraction of sp³-hybridized carbons (Fsp3) is 0.130. The van der Waals surface area contributed by atoms with Crippen LogP contribution < -0.4 is 10.6 Å². The third-order valence-corrected chi connectivity index (χ3v) is 6.48. The van der Waals surface area contributed by atoms with E-state index in [0.717, 1.165) is 4.70 Å². The molecule has 4 aromatic rings. The molecule has 2 amide bonds. The van der Waals surface area contributed by atoms with E-state index in [0.29, 0.717) is 33.7 Å². The molecule has 0 fully saturated rings. The van der Waals surface area contributed by atoms with E-state index in [4.69, 9.17) is 0 Å². The zero-order valence-electron chi connectivity index (χ0n) is 17.3. The molecule has 0 saturated carbocycles. The van der Waals surface area contributed by atoms with Crippen molar-refractivity contribution in [3.8, 4) is 0 Å². The van der Waals surface area contributed by atoms with Crippen LogP contribution in [0.4, 0.5) is 19.6 Å². The Morgan fingerprint density at radius 2 is 2.00 bits per heavy atom. The first-order valence-corrected chi connectivity index (χ1v) is 11.6. The summed E-state index contributed by atoms with van der Waals surface area (Å²) in [5.41, 5.74) is 3.39. The van der Waals surface area contributed by atoms with Gasteiger partial charge in [0, 0.05) is 16.6 Å². The molecule has 2 heterocycles. The highest BCUT2D eigenvalue weighted by Gasteiger charge is 2.28. The van der Waals surface area contributed by atoms with Gasteiger partial charge in [0.25, 0.3) is 11.8 Å². The normalized spacial score (nSPS) is 12.3. The number of anilines is 2. The predicted molar refractivity (Wildman–Crippen MR) is 127 cm³/mol. The lowest BCUT2D eigenvalue weighted by Crippen LogP contribution is -2.19. The Morgan fingerprint density at radius 3 is 2.73 bits per heavy atom. The van der Waals surface area contributed by atoms with Gasteiger partial charge >= 0.3 is 0 Å². The first-order chi connectivity index (χ1) is 15.8. The van der Waals surface area contributed by atoms with Crippen molar-refractivity contribution in [2.75, 3.05) is 10.6 Å². The Kier molecular flexibility index (Phi) is 6.30. The Morgan fingerprint density at radius 1 is 1.18 bits per heavy atom. The lowest BCUT2D eigenvalue weighted by Gasteiger charge is -2.16. The first kappa shape index (κ1) is 22.7. The van der Waals surface area contributed by atoms with Crippen molar-refractivity contribution in [3.63, 3.8) is 0 Å². The molecule has 6 nitrogen and oxygen atoms in total. The summed E-state index contributed by atoms with van der Waals surface area (Å²) < 4.78 is 28.6. The van der Waals surface area contributed by atoms with Crippen molar-refractivity contribution in [1.82, 2.24) is 9.97 Å². The zero-order chi connectivity index (χ0) is 23.6. The molecule has 0 radical (unpaired) electrons. The molecule has 4 rings (SSSR count). The third-order valence-electron chi connectivity index (χ3n) is 4.96. The zero-order valence-corrected chi connectivity index (χ0v) is 19.0. The number of benzene rings is 2. The van der Waals surface area contributed by atoms with Gasteiger partial charge in [-0.15, -0.1) is 11.3 Å². The summed E-state index contributed by atoms with van der Waals surface area (Å²) in [5.74, 6) is -4.53. The van der Waals surface area contributed by atoms with E-state index in [1.807, 2.05) is 0 Å². The quantitative estimate of drug-likeness (QED) is 0.314. The Hall–Kier alpha value is -3.50. The summed E-state index contributed by atoms with van der Waals surface area (Å²) in [5, 5.41) is 7.56. The summed E-state index contributed by atoms with van der Waals surface area (Å²) in [6, 6.07) is 10.9. The number of allylic oxidation sites excluding steroid dienone is 1. The van der Waals surface area contributed by atoms with Gasteiger partial charge in [-0.05, 0) is 42.8 Å². The van der Waals surface area contributed by atoms with E-state index in [9.17, 15) is 18.4 Å². The fourth-order valence-corrected chi connectivity index (χ4v) is 4.51. The minimum atomic E-state index is -3.17. The van der Waals surface area contributed by atoms with Crippen LogP contribution in [0, 0.1) is 0 Å². The highest BCUT2D eigenvalue weighted by atomic mass is 32.1. The molecule has 2 aromatic carbocycles. The molecule has 0 spiro atoms. The molecule has 0 bridgehead atoms. The lowest BCUT2D eigenvalue weighted by atomic mass is 9.96. The number of rotatable bonds is 7. The number of nitrogens with zero attached hydrogens (tertiary/aromatic N) is 2. The van der Waals surface area contributed by atoms with Crippen molar-refractivity contribution < 1.29 is 18.4 Å². The topological polar surface area (TPSA) is 84.0 Å². The number of halogens is 2. The second-order valence-electron chi connectivity index (χ2n) is 7.19. The van der Waals surface area contributed by atoms with E-state index < -0.39 is 11.8 Å². The molecule has 2 N–H and O–H groups in total. The van der Waals surface area contributed by atoms with Gasteiger partial charge in [-0.25, -0.2) is 9.97 Å². The molecule has 0 saturated heterocycles. The van der Waals surface area contributed by atoms with Crippen molar-refractivity contribution in [2.24, 2.45) is 0 Å². The lowest BCUT2D eigenvalue weighted by molar-refractivity contribution is -0.117. The second-order valence-corrected chi connectivity index (χ2v) is 8.94. The third kappa shape index (κ3) is 4.96. The number of carbonyl (C=O) groups is 2. The Labute approximate surface area is 196 Å². The largest absolute Gasteiger partial charge is 0.321 e. The highest BCUT2D eigenvalue weighted by molar-refractivity contribution is 7.22. The monoisotopic (exact) mass is 484 g/mol. The van der Waals surface area contributed by atoms with E-state index in [2.05, 4.69) is 27.2 Å². The molecule has 0 aliphatic rings. The molecule has 33 heavy (non-hydrogen) atoms. The minimum absolute atomic E-state index is 0.220. The molecule has 2 aromatic heterocycles. The maximum absolute atomic E-state index is 13.9. The molecule has 1 unspecified atom stereocenters. The number of alkyl halides is 2. The van der Waals surface area contributed by atoms with E-state index >= 15 is 0 Å². The molecule has 10 heteroatoms. The van der Waals surface area contributed by atoms with Crippen LogP contribution in [0.1, 0.15) is 34.5 Å². The van der Waals surface area contributed by atoms with Gasteiger partial charge in [-0.3, -0.25) is 9.59 Å². The van der Waals surface area contributed by atoms with Crippen LogP contribution in [-0.2, 0) is 10.7 Å². The second kappa shape index (κ2) is 9.16. The number of thiazole rings is 2. The van der Waals surface area contributed by atoms with Crippen molar-refractivity contribution in [3.05, 3.63) is 82.8 Å². The number of hydrogen-bond donors (Lipinski definition) is 2. The van der Waals surface area contributed by atoms with Crippen LogP contribution >= 0.6 is 22.7 Å². The maximum atomic E-state index is 13.9. The molecule has 1 atom stereocenters. The van der Waals surface area contributed by atoms with Gasteiger partial charge in [0.05, 0.1) is 21.6 Å². The average molecular weight is 485 g/mol. The fourth-order valence-electron chi connectivity index (χ4n) is 3.07. The first-order valence-electron chi connectivity index (χ1n) is 9.79. The van der Waals surface area contributed by atoms with Crippen LogP contribution in [0.2, 0.25) is 0 Å². The van der Waals surface area contributed by atoms with Crippen LogP contribution in [0.15, 0.2) is 66.0 Å². The average Bonchev–Trinajstić information content (AvgIpc) is 3.48. The summed E-state index contributed by atoms with van der Waals surface area (Å²) >= 11 is 2.58. The number of aromatic nitrogens is 2. The van der Waals surface area contributed by atoms with Crippen molar-refractivity contribution >= 4 is 55.5 Å². The Bertz CT molecular complexity index is 1340. The van der Waals surface area contributed by atoms with Crippen LogP contribution in [0.5, 0.6) is 0 Å². The van der Waals surface area contributed by atoms with Crippen molar-refractivity contribution in [1.29, 1.82) is 0 Å².